The number of benzene rings is 2. The molecule has 6 nitrogen and oxygen atoms in total. The number of hydrogen-bond donors (Lipinski definition) is 0. The highest BCUT2D eigenvalue weighted by molar-refractivity contribution is 7.89. The molecule has 4 rings (SSSR count). The molecule has 0 aliphatic carbocycles. The highest BCUT2D eigenvalue weighted by Crippen LogP contribution is 2.33. The van der Waals surface area contributed by atoms with E-state index < -0.39 is 10.0 Å². The zero-order valence-electron chi connectivity index (χ0n) is 15.7. The molecule has 0 bridgehead atoms. The van der Waals surface area contributed by atoms with Gasteiger partial charge >= 0.3 is 0 Å². The van der Waals surface area contributed by atoms with Crippen molar-refractivity contribution in [3.63, 3.8) is 0 Å². The topological polar surface area (TPSA) is 76.3 Å². The van der Waals surface area contributed by atoms with Gasteiger partial charge in [-0.25, -0.2) is 12.8 Å². The molecule has 0 amide bonds. The van der Waals surface area contributed by atoms with Crippen LogP contribution in [0, 0.1) is 12.7 Å². The van der Waals surface area contributed by atoms with Crippen LogP contribution in [0.25, 0.3) is 11.5 Å². The highest BCUT2D eigenvalue weighted by Gasteiger charge is 2.33. The van der Waals surface area contributed by atoms with E-state index in [1.54, 1.807) is 37.3 Å². The van der Waals surface area contributed by atoms with Gasteiger partial charge in [0.15, 0.2) is 0 Å². The van der Waals surface area contributed by atoms with Gasteiger partial charge in [-0.15, -0.1) is 10.2 Å². The Bertz CT molecular complexity index is 1120. The molecular formula is C20H19ClFN3O3S. The fraction of sp³-hybridized carbons (Fsp3) is 0.300. The van der Waals surface area contributed by atoms with Gasteiger partial charge in [0.2, 0.25) is 21.8 Å². The lowest BCUT2D eigenvalue weighted by molar-refractivity contribution is 0.291. The lowest BCUT2D eigenvalue weighted by Gasteiger charge is -2.30. The Balaban J connectivity index is 1.47. The standard InChI is InChI=1S/C20H19ClFN3O3S/c1-13-17(21)3-2-4-18(13)29(26,27)25-11-9-15(10-12-25)20-24-23-19(28-20)14-5-7-16(22)8-6-14/h2-8,15H,9-12H2,1H3. The third-order valence-electron chi connectivity index (χ3n) is 5.17. The molecule has 0 spiro atoms. The average Bonchev–Trinajstić information content (AvgIpc) is 3.21. The third kappa shape index (κ3) is 3.92. The molecule has 1 aliphatic heterocycles. The number of sulfonamides is 1. The first-order valence-corrected chi connectivity index (χ1v) is 11.0. The van der Waals surface area contributed by atoms with Crippen LogP contribution in [-0.2, 0) is 10.0 Å². The van der Waals surface area contributed by atoms with Gasteiger partial charge in [-0.1, -0.05) is 17.7 Å². The smallest absolute Gasteiger partial charge is 0.247 e. The van der Waals surface area contributed by atoms with E-state index in [-0.39, 0.29) is 16.6 Å². The van der Waals surface area contributed by atoms with E-state index in [4.69, 9.17) is 16.0 Å². The van der Waals surface area contributed by atoms with E-state index in [1.807, 2.05) is 0 Å². The quantitative estimate of drug-likeness (QED) is 0.606. The second-order valence-corrected chi connectivity index (χ2v) is 9.31. The van der Waals surface area contributed by atoms with Crippen LogP contribution in [0.3, 0.4) is 0 Å². The van der Waals surface area contributed by atoms with Crippen molar-refractivity contribution in [2.45, 2.75) is 30.6 Å². The van der Waals surface area contributed by atoms with Gasteiger partial charge in [0.1, 0.15) is 5.82 Å². The van der Waals surface area contributed by atoms with Crippen LogP contribution in [0.5, 0.6) is 0 Å². The third-order valence-corrected chi connectivity index (χ3v) is 7.62. The van der Waals surface area contributed by atoms with Crippen LogP contribution in [0.2, 0.25) is 5.02 Å². The molecule has 152 valence electrons. The fourth-order valence-electron chi connectivity index (χ4n) is 3.46. The predicted molar refractivity (Wildman–Crippen MR) is 107 cm³/mol. The van der Waals surface area contributed by atoms with Crippen molar-refractivity contribution >= 4 is 21.6 Å². The Hall–Kier alpha value is -2.29. The molecule has 0 radical (unpaired) electrons. The van der Waals surface area contributed by atoms with Crippen LogP contribution in [0.1, 0.15) is 30.2 Å². The highest BCUT2D eigenvalue weighted by atomic mass is 35.5. The van der Waals surface area contributed by atoms with Crippen LogP contribution in [0.4, 0.5) is 4.39 Å². The maximum Gasteiger partial charge on any atom is 0.247 e. The number of hydrogen-bond acceptors (Lipinski definition) is 5. The molecule has 1 saturated heterocycles. The molecule has 0 unspecified atom stereocenters. The summed E-state index contributed by atoms with van der Waals surface area (Å²) in [5.41, 5.74) is 1.19. The van der Waals surface area contributed by atoms with Crippen LogP contribution >= 0.6 is 11.6 Å². The van der Waals surface area contributed by atoms with E-state index in [2.05, 4.69) is 10.2 Å². The lowest BCUT2D eigenvalue weighted by Crippen LogP contribution is -2.38. The van der Waals surface area contributed by atoms with E-state index in [0.717, 1.165) is 0 Å². The number of nitrogens with zero attached hydrogens (tertiary/aromatic N) is 3. The Labute approximate surface area is 173 Å². The number of rotatable bonds is 4. The summed E-state index contributed by atoms with van der Waals surface area (Å²) in [6.07, 6.45) is 1.15. The summed E-state index contributed by atoms with van der Waals surface area (Å²) in [6, 6.07) is 10.7. The summed E-state index contributed by atoms with van der Waals surface area (Å²) in [6.45, 7) is 2.41. The Morgan fingerprint density at radius 2 is 1.79 bits per heavy atom. The largest absolute Gasteiger partial charge is 0.420 e. The van der Waals surface area contributed by atoms with E-state index >= 15 is 0 Å². The molecule has 0 saturated carbocycles. The Morgan fingerprint density at radius 3 is 2.48 bits per heavy atom. The van der Waals surface area contributed by atoms with Gasteiger partial charge in [-0.05, 0) is 61.7 Å². The van der Waals surface area contributed by atoms with E-state index in [9.17, 15) is 12.8 Å². The predicted octanol–water partition coefficient (Wildman–Crippen LogP) is 4.41. The van der Waals surface area contributed by atoms with Gasteiger partial charge < -0.3 is 4.42 Å². The van der Waals surface area contributed by atoms with Crippen molar-refractivity contribution in [2.75, 3.05) is 13.1 Å². The lowest BCUT2D eigenvalue weighted by atomic mass is 9.98. The molecule has 3 aromatic rings. The zero-order chi connectivity index (χ0) is 20.6. The SMILES string of the molecule is Cc1c(Cl)cccc1S(=O)(=O)N1CCC(c2nnc(-c3ccc(F)cc3)o2)CC1. The number of piperidine rings is 1. The molecule has 0 N–H and O–H groups in total. The molecule has 0 atom stereocenters. The molecule has 1 aliphatic rings. The summed E-state index contributed by atoms with van der Waals surface area (Å²) in [4.78, 5) is 0.236. The first kappa shape index (κ1) is 20.0. The minimum Gasteiger partial charge on any atom is -0.420 e. The van der Waals surface area contributed by atoms with Crippen molar-refractivity contribution in [2.24, 2.45) is 0 Å². The van der Waals surface area contributed by atoms with Crippen molar-refractivity contribution in [1.82, 2.24) is 14.5 Å². The maximum absolute atomic E-state index is 13.1. The average molecular weight is 436 g/mol. The summed E-state index contributed by atoms with van der Waals surface area (Å²) in [7, 11) is -3.62. The first-order valence-electron chi connectivity index (χ1n) is 9.21. The summed E-state index contributed by atoms with van der Waals surface area (Å²) >= 11 is 6.09. The van der Waals surface area contributed by atoms with Gasteiger partial charge in [0.05, 0.1) is 4.90 Å². The van der Waals surface area contributed by atoms with Crippen molar-refractivity contribution in [3.8, 4) is 11.5 Å². The summed E-state index contributed by atoms with van der Waals surface area (Å²) < 4.78 is 46.3. The van der Waals surface area contributed by atoms with Gasteiger partial charge in [0, 0.05) is 29.6 Å². The summed E-state index contributed by atoms with van der Waals surface area (Å²) in [5.74, 6) is 0.436. The monoisotopic (exact) mass is 435 g/mol. The minimum atomic E-state index is -3.62. The molecule has 29 heavy (non-hydrogen) atoms. The van der Waals surface area contributed by atoms with E-state index in [0.29, 0.717) is 53.9 Å². The Kier molecular flexibility index (Phi) is 5.42. The molecule has 2 heterocycles. The number of halogens is 2. The molecule has 1 fully saturated rings. The van der Waals surface area contributed by atoms with Gasteiger partial charge in [0.25, 0.3) is 0 Å². The van der Waals surface area contributed by atoms with Crippen LogP contribution in [-0.4, -0.2) is 36.0 Å². The van der Waals surface area contributed by atoms with Crippen LogP contribution in [0.15, 0.2) is 51.8 Å². The van der Waals surface area contributed by atoms with E-state index in [1.165, 1.54) is 16.4 Å². The first-order chi connectivity index (χ1) is 13.9. The second kappa shape index (κ2) is 7.85. The minimum absolute atomic E-state index is 0.0244. The molecule has 9 heteroatoms. The fourth-order valence-corrected chi connectivity index (χ4v) is 5.41. The molecular weight excluding hydrogens is 417 g/mol. The zero-order valence-corrected chi connectivity index (χ0v) is 17.3. The molecule has 1 aromatic heterocycles. The maximum atomic E-state index is 13.1. The van der Waals surface area contributed by atoms with Crippen molar-refractivity contribution in [1.29, 1.82) is 0 Å². The van der Waals surface area contributed by atoms with Crippen molar-refractivity contribution < 1.29 is 17.2 Å². The van der Waals surface area contributed by atoms with Crippen LogP contribution < -0.4 is 0 Å². The molecule has 2 aromatic carbocycles. The normalized spacial score (nSPS) is 16.2. The second-order valence-electron chi connectivity index (χ2n) is 6.99. The van der Waals surface area contributed by atoms with Crippen molar-refractivity contribution in [3.05, 3.63) is 64.8 Å². The van der Waals surface area contributed by atoms with Gasteiger partial charge in [-0.3, -0.25) is 0 Å². The Morgan fingerprint density at radius 1 is 1.10 bits per heavy atom. The summed E-state index contributed by atoms with van der Waals surface area (Å²) in [5, 5.41) is 8.59. The van der Waals surface area contributed by atoms with Gasteiger partial charge in [-0.2, -0.15) is 4.31 Å². The number of aromatic nitrogens is 2.